The average Bonchev–Trinajstić information content (AvgIpc) is 2.87. The van der Waals surface area contributed by atoms with Crippen molar-refractivity contribution in [1.29, 1.82) is 0 Å². The van der Waals surface area contributed by atoms with Gasteiger partial charge in [-0.25, -0.2) is 10.2 Å². The number of aromatic nitrogens is 1. The number of amides is 1. The quantitative estimate of drug-likeness (QED) is 0.0963. The Morgan fingerprint density at radius 2 is 1.57 bits per heavy atom. The van der Waals surface area contributed by atoms with Gasteiger partial charge in [-0.15, -0.1) is 0 Å². The van der Waals surface area contributed by atoms with Crippen LogP contribution in [0.4, 0.5) is 0 Å². The van der Waals surface area contributed by atoms with Crippen LogP contribution in [-0.4, -0.2) is 55.8 Å². The second kappa shape index (κ2) is 13.0. The summed E-state index contributed by atoms with van der Waals surface area (Å²) in [5, 5.41) is 28.8. The fourth-order valence-electron chi connectivity index (χ4n) is 3.80. The van der Waals surface area contributed by atoms with Crippen LogP contribution in [0.5, 0.6) is 0 Å². The Labute approximate surface area is 212 Å². The molecule has 0 radical (unpaired) electrons. The summed E-state index contributed by atoms with van der Waals surface area (Å²) < 4.78 is 1.45. The third-order valence-electron chi connectivity index (χ3n) is 5.48. The Hall–Kier alpha value is -4.52. The van der Waals surface area contributed by atoms with Gasteiger partial charge >= 0.3 is 5.97 Å². The molecule has 1 amide bonds. The smallest absolute Gasteiger partial charge is 0.326 e. The molecule has 0 aliphatic rings. The van der Waals surface area contributed by atoms with Crippen LogP contribution in [0, 0.1) is 0 Å². The highest BCUT2D eigenvalue weighted by Crippen LogP contribution is 2.25. The second-order valence-corrected chi connectivity index (χ2v) is 8.03. The van der Waals surface area contributed by atoms with Crippen molar-refractivity contribution in [3.8, 4) is 0 Å². The summed E-state index contributed by atoms with van der Waals surface area (Å²) in [6.45, 7) is 0.0559. The summed E-state index contributed by atoms with van der Waals surface area (Å²) in [7, 11) is 0. The van der Waals surface area contributed by atoms with Gasteiger partial charge in [-0.3, -0.25) is 25.0 Å². The number of hydrogen-bond acceptors (Lipinski definition) is 7. The van der Waals surface area contributed by atoms with Crippen LogP contribution in [0.15, 0.2) is 88.8 Å². The predicted octanol–water partition coefficient (Wildman–Crippen LogP) is 1.35. The maximum absolute atomic E-state index is 13.4. The number of hydrogen-bond donors (Lipinski definition) is 6. The van der Waals surface area contributed by atoms with E-state index in [2.05, 4.69) is 10.3 Å². The minimum Gasteiger partial charge on any atom is -0.480 e. The number of nitrogens with one attached hydrogen (secondary N) is 2. The predicted molar refractivity (Wildman–Crippen MR) is 134 cm³/mol. The normalized spacial score (nSPS) is 12.4. The molecule has 12 heteroatoms. The molecule has 3 rings (SSSR count). The lowest BCUT2D eigenvalue weighted by Crippen LogP contribution is -2.43. The lowest BCUT2D eigenvalue weighted by molar-refractivity contribution is -0.329. The number of rotatable bonds is 11. The summed E-state index contributed by atoms with van der Waals surface area (Å²) in [6.07, 6.45) is 1.80. The van der Waals surface area contributed by atoms with E-state index in [0.29, 0.717) is 0 Å². The minimum absolute atomic E-state index is 0.00248. The molecule has 0 spiro atoms. The van der Waals surface area contributed by atoms with Gasteiger partial charge in [-0.1, -0.05) is 60.7 Å². The topological polar surface area (TPSA) is 183 Å². The molecule has 37 heavy (non-hydrogen) atoms. The first-order valence-electron chi connectivity index (χ1n) is 11.4. The zero-order valence-corrected chi connectivity index (χ0v) is 19.8. The van der Waals surface area contributed by atoms with Crippen LogP contribution < -0.4 is 22.0 Å². The first-order valence-corrected chi connectivity index (χ1v) is 11.4. The highest BCUT2D eigenvalue weighted by Gasteiger charge is 2.24. The van der Waals surface area contributed by atoms with Gasteiger partial charge in [0.2, 0.25) is 5.96 Å². The van der Waals surface area contributed by atoms with Gasteiger partial charge in [0, 0.05) is 18.1 Å². The third kappa shape index (κ3) is 7.48. The Morgan fingerprint density at radius 1 is 0.973 bits per heavy atom. The zero-order chi connectivity index (χ0) is 26.8. The van der Waals surface area contributed by atoms with E-state index in [9.17, 15) is 19.5 Å². The number of carbonyl (C=O) groups excluding carboxylic acids is 1. The van der Waals surface area contributed by atoms with E-state index in [-0.39, 0.29) is 36.2 Å². The molecule has 3 aromatic rings. The van der Waals surface area contributed by atoms with E-state index in [0.717, 1.165) is 11.1 Å². The summed E-state index contributed by atoms with van der Waals surface area (Å²) >= 11 is 0. The summed E-state index contributed by atoms with van der Waals surface area (Å²) in [5.74, 6) is -2.38. The van der Waals surface area contributed by atoms with Gasteiger partial charge in [0.15, 0.2) is 0 Å². The number of hydrazine groups is 1. The molecule has 1 aromatic heterocycles. The number of guanidine groups is 1. The first-order chi connectivity index (χ1) is 17.8. The zero-order valence-electron chi connectivity index (χ0n) is 19.8. The molecule has 0 aliphatic carbocycles. The molecular formula is C25H28N6O6. The molecule has 194 valence electrons. The van der Waals surface area contributed by atoms with Gasteiger partial charge in [-0.2, -0.15) is 0 Å². The number of benzene rings is 2. The van der Waals surface area contributed by atoms with Gasteiger partial charge in [0.1, 0.15) is 11.6 Å². The number of nitrogens with zero attached hydrogens (tertiary/aromatic N) is 3. The SMILES string of the molecule is NC(=NCCC[C@H](NC(=O)c1cccn(C(c2ccccc2)c2ccccc2)c1=O)C(=O)O)NN(O)O. The Bertz CT molecular complexity index is 1240. The number of nitrogens with two attached hydrogens (primary N) is 1. The molecule has 1 heterocycles. The molecule has 0 saturated heterocycles. The minimum atomic E-state index is -1.28. The largest absolute Gasteiger partial charge is 0.480 e. The van der Waals surface area contributed by atoms with E-state index in [4.69, 9.17) is 16.1 Å². The van der Waals surface area contributed by atoms with E-state index in [1.807, 2.05) is 66.1 Å². The summed E-state index contributed by atoms with van der Waals surface area (Å²) in [4.78, 5) is 42.0. The fourth-order valence-corrected chi connectivity index (χ4v) is 3.80. The van der Waals surface area contributed by atoms with Crippen LogP contribution in [0.25, 0.3) is 0 Å². The number of carboxylic acids is 1. The average molecular weight is 509 g/mol. The highest BCUT2D eigenvalue weighted by atomic mass is 16.8. The van der Waals surface area contributed by atoms with Crippen LogP contribution in [0.1, 0.15) is 40.4 Å². The lowest BCUT2D eigenvalue weighted by atomic mass is 9.98. The van der Waals surface area contributed by atoms with E-state index < -0.39 is 29.5 Å². The van der Waals surface area contributed by atoms with Crippen LogP contribution >= 0.6 is 0 Å². The maximum atomic E-state index is 13.4. The third-order valence-corrected chi connectivity index (χ3v) is 5.48. The standard InChI is InChI=1S/C25H28N6O6/c26-25(29-31(36)37)27-15-7-14-20(24(34)35)28-22(32)19-13-8-16-30(23(19)33)21(17-9-3-1-4-10-17)18-11-5-2-6-12-18/h1-6,8-13,16,20-21,36-37H,7,14-15H2,(H,28,32)(H,34,35)(H3,26,27,29)/t20-/m0/s1. The summed E-state index contributed by atoms with van der Waals surface area (Å²) in [5.41, 5.74) is 8.23. The number of pyridine rings is 1. The molecule has 1 atom stereocenters. The van der Waals surface area contributed by atoms with Gasteiger partial charge in [0.05, 0.1) is 6.04 Å². The monoisotopic (exact) mass is 508 g/mol. The molecule has 7 N–H and O–H groups in total. The highest BCUT2D eigenvalue weighted by molar-refractivity contribution is 5.96. The first kappa shape index (κ1) is 27.1. The van der Waals surface area contributed by atoms with Crippen molar-refractivity contribution in [2.75, 3.05) is 6.54 Å². The molecule has 2 aromatic carbocycles. The Kier molecular flexibility index (Phi) is 9.49. The van der Waals surface area contributed by atoms with E-state index >= 15 is 0 Å². The molecule has 0 unspecified atom stereocenters. The molecule has 0 fully saturated rings. The Balaban J connectivity index is 1.81. The van der Waals surface area contributed by atoms with E-state index in [1.165, 1.54) is 10.6 Å². The second-order valence-electron chi connectivity index (χ2n) is 8.03. The Morgan fingerprint density at radius 3 is 2.11 bits per heavy atom. The van der Waals surface area contributed by atoms with Crippen molar-refractivity contribution < 1.29 is 25.1 Å². The van der Waals surface area contributed by atoms with Crippen molar-refractivity contribution in [3.63, 3.8) is 0 Å². The number of carbonyl (C=O) groups is 2. The van der Waals surface area contributed by atoms with Crippen molar-refractivity contribution in [3.05, 3.63) is 106 Å². The van der Waals surface area contributed by atoms with Crippen molar-refractivity contribution in [2.24, 2.45) is 10.7 Å². The molecule has 0 aliphatic heterocycles. The van der Waals surface area contributed by atoms with Gasteiger partial charge < -0.3 is 20.7 Å². The number of carboxylic acid groups (broad SMARTS) is 1. The van der Waals surface area contributed by atoms with Gasteiger partial charge in [-0.05, 0) is 36.1 Å². The van der Waals surface area contributed by atoms with E-state index in [1.54, 1.807) is 12.3 Å². The van der Waals surface area contributed by atoms with Crippen LogP contribution in [-0.2, 0) is 4.79 Å². The van der Waals surface area contributed by atoms with Crippen LogP contribution in [0.3, 0.4) is 0 Å². The van der Waals surface area contributed by atoms with Gasteiger partial charge in [0.25, 0.3) is 11.5 Å². The fraction of sp³-hybridized carbons (Fsp3) is 0.200. The number of aliphatic imine (C=N–C) groups is 1. The van der Waals surface area contributed by atoms with Crippen LogP contribution in [0.2, 0.25) is 0 Å². The maximum Gasteiger partial charge on any atom is 0.326 e. The van der Waals surface area contributed by atoms with Crippen molar-refractivity contribution in [2.45, 2.75) is 24.9 Å². The molecule has 0 saturated carbocycles. The van der Waals surface area contributed by atoms with Crippen molar-refractivity contribution in [1.82, 2.24) is 20.6 Å². The number of aliphatic carboxylic acids is 1. The molecule has 0 bridgehead atoms. The summed E-state index contributed by atoms with van der Waals surface area (Å²) in [6, 6.07) is 19.9. The molecular weight excluding hydrogens is 480 g/mol. The lowest BCUT2D eigenvalue weighted by Gasteiger charge is -2.22. The molecule has 12 nitrogen and oxygen atoms in total. The van der Waals surface area contributed by atoms with Crippen molar-refractivity contribution >= 4 is 17.8 Å².